The van der Waals surface area contributed by atoms with Crippen molar-refractivity contribution in [2.45, 2.75) is 44.6 Å². The van der Waals surface area contributed by atoms with Crippen LogP contribution in [0.25, 0.3) is 0 Å². The molecule has 3 rings (SSSR count). The summed E-state index contributed by atoms with van der Waals surface area (Å²) in [4.78, 5) is 39.9. The molecule has 2 amide bonds. The second-order valence-corrected chi connectivity index (χ2v) is 8.62. The lowest BCUT2D eigenvalue weighted by Gasteiger charge is -2.24. The molecule has 164 valence electrons. The van der Waals surface area contributed by atoms with Crippen LogP contribution in [0.3, 0.4) is 0 Å². The molecule has 1 aromatic rings. The predicted molar refractivity (Wildman–Crippen MR) is 122 cm³/mol. The molecule has 1 saturated carbocycles. The Morgan fingerprint density at radius 3 is 2.50 bits per heavy atom. The number of carbonyl (C=O) groups is 3. The van der Waals surface area contributed by atoms with E-state index >= 15 is 0 Å². The lowest BCUT2D eigenvalue weighted by molar-refractivity contribution is -0.140. The van der Waals surface area contributed by atoms with Gasteiger partial charge in [0.25, 0.3) is 0 Å². The highest BCUT2D eigenvalue weighted by Crippen LogP contribution is 2.24. The first-order valence-corrected chi connectivity index (χ1v) is 11.1. The number of hydrazone groups is 1. The van der Waals surface area contributed by atoms with Gasteiger partial charge in [-0.05, 0) is 18.4 Å². The van der Waals surface area contributed by atoms with Crippen LogP contribution in [0, 0.1) is 5.92 Å². The average molecular weight is 453 g/mol. The Hall–Kier alpha value is -2.06. The summed E-state index contributed by atoms with van der Waals surface area (Å²) in [6, 6.07) is 8.50. The standard InChI is InChI=1S/C21H28N4O3S.ClH/c1-25-12-13-29-21(25)24-23-20(28)18(26)17(14-15-8-4-2-5-9-15)22-19(27)16-10-6-3-7-11-16;/h2,4-5,8-9,16-17H,3,6-7,10-14H2,1H3,(H,22,27)(H,23,28);1H/b24-21-;/t17-;/m0./s1. The molecule has 1 heterocycles. The van der Waals surface area contributed by atoms with Crippen molar-refractivity contribution in [1.82, 2.24) is 15.6 Å². The van der Waals surface area contributed by atoms with E-state index in [2.05, 4.69) is 15.8 Å². The van der Waals surface area contributed by atoms with E-state index in [9.17, 15) is 14.4 Å². The Kier molecular flexibility index (Phi) is 9.65. The van der Waals surface area contributed by atoms with E-state index in [1.54, 1.807) is 0 Å². The molecule has 0 spiro atoms. The lowest BCUT2D eigenvalue weighted by atomic mass is 9.88. The van der Waals surface area contributed by atoms with Gasteiger partial charge < -0.3 is 10.2 Å². The maximum Gasteiger partial charge on any atom is 0.309 e. The Balaban J connectivity index is 0.00000320. The van der Waals surface area contributed by atoms with E-state index in [0.717, 1.165) is 50.0 Å². The van der Waals surface area contributed by atoms with Crippen LogP contribution in [0.15, 0.2) is 35.4 Å². The number of nitrogens with zero attached hydrogens (tertiary/aromatic N) is 2. The molecular formula is C21H29ClN4O3S. The zero-order chi connectivity index (χ0) is 20.6. The van der Waals surface area contributed by atoms with Gasteiger partial charge in [-0.15, -0.1) is 17.5 Å². The number of hydrogen-bond acceptors (Lipinski definition) is 5. The quantitative estimate of drug-likeness (QED) is 0.489. The highest BCUT2D eigenvalue weighted by atomic mass is 35.5. The zero-order valence-electron chi connectivity index (χ0n) is 17.1. The van der Waals surface area contributed by atoms with Gasteiger partial charge in [0.15, 0.2) is 5.17 Å². The van der Waals surface area contributed by atoms with Gasteiger partial charge in [-0.1, -0.05) is 61.4 Å². The van der Waals surface area contributed by atoms with Crippen molar-refractivity contribution in [3.63, 3.8) is 0 Å². The molecule has 0 aromatic heterocycles. The number of carbonyl (C=O) groups excluding carboxylic acids is 3. The highest BCUT2D eigenvalue weighted by Gasteiger charge is 2.30. The third-order valence-corrected chi connectivity index (χ3v) is 6.40. The number of hydrogen-bond donors (Lipinski definition) is 2. The highest BCUT2D eigenvalue weighted by molar-refractivity contribution is 8.14. The zero-order valence-corrected chi connectivity index (χ0v) is 18.8. The molecule has 30 heavy (non-hydrogen) atoms. The minimum absolute atomic E-state index is 0. The maximum absolute atomic E-state index is 12.8. The summed E-state index contributed by atoms with van der Waals surface area (Å²) in [6.45, 7) is 0.849. The fraction of sp³-hybridized carbons (Fsp3) is 0.524. The van der Waals surface area contributed by atoms with Gasteiger partial charge in [0, 0.05) is 31.7 Å². The first-order chi connectivity index (χ1) is 14.0. The van der Waals surface area contributed by atoms with E-state index in [-0.39, 0.29) is 30.7 Å². The van der Waals surface area contributed by atoms with E-state index < -0.39 is 17.7 Å². The summed E-state index contributed by atoms with van der Waals surface area (Å²) < 4.78 is 0. The van der Waals surface area contributed by atoms with Crippen molar-refractivity contribution in [2.75, 3.05) is 19.3 Å². The van der Waals surface area contributed by atoms with Crippen molar-refractivity contribution < 1.29 is 14.4 Å². The van der Waals surface area contributed by atoms with Crippen LogP contribution in [0.1, 0.15) is 37.7 Å². The van der Waals surface area contributed by atoms with Gasteiger partial charge in [-0.25, -0.2) is 5.43 Å². The van der Waals surface area contributed by atoms with Crippen molar-refractivity contribution in [3.8, 4) is 0 Å². The van der Waals surface area contributed by atoms with Crippen molar-refractivity contribution in [3.05, 3.63) is 35.9 Å². The topological polar surface area (TPSA) is 90.9 Å². The number of nitrogens with one attached hydrogen (secondary N) is 2. The summed E-state index contributed by atoms with van der Waals surface area (Å²) in [6.07, 6.45) is 5.14. The van der Waals surface area contributed by atoms with Crippen molar-refractivity contribution in [1.29, 1.82) is 0 Å². The van der Waals surface area contributed by atoms with Crippen LogP contribution in [0.4, 0.5) is 0 Å². The third-order valence-electron chi connectivity index (χ3n) is 5.35. The first-order valence-electron chi connectivity index (χ1n) is 10.1. The third kappa shape index (κ3) is 6.74. The minimum Gasteiger partial charge on any atom is -0.352 e. The summed E-state index contributed by atoms with van der Waals surface area (Å²) in [5, 5.41) is 7.57. The van der Waals surface area contributed by atoms with Crippen LogP contribution in [0.2, 0.25) is 0 Å². The SMILES string of the molecule is CN1CCS/C1=N\NC(=O)C(=O)[C@H](Cc1ccccc1)NC(=O)C1CCCCC1.Cl. The van der Waals surface area contributed by atoms with Crippen LogP contribution in [-0.4, -0.2) is 53.1 Å². The molecule has 1 atom stereocenters. The molecule has 1 saturated heterocycles. The number of amides is 2. The molecule has 2 N–H and O–H groups in total. The van der Waals surface area contributed by atoms with Gasteiger partial charge in [-0.2, -0.15) is 0 Å². The van der Waals surface area contributed by atoms with Gasteiger partial charge in [0.05, 0.1) is 0 Å². The summed E-state index contributed by atoms with van der Waals surface area (Å²) >= 11 is 1.52. The van der Waals surface area contributed by atoms with Crippen LogP contribution in [0.5, 0.6) is 0 Å². The minimum atomic E-state index is -0.902. The largest absolute Gasteiger partial charge is 0.352 e. The van der Waals surface area contributed by atoms with Crippen LogP contribution in [-0.2, 0) is 20.8 Å². The molecule has 2 aliphatic rings. The first kappa shape index (κ1) is 24.2. The number of benzene rings is 1. The van der Waals surface area contributed by atoms with E-state index in [4.69, 9.17) is 0 Å². The lowest BCUT2D eigenvalue weighted by Crippen LogP contribution is -2.49. The number of halogens is 1. The smallest absolute Gasteiger partial charge is 0.309 e. The van der Waals surface area contributed by atoms with Gasteiger partial charge in [0.1, 0.15) is 6.04 Å². The Morgan fingerprint density at radius 1 is 1.17 bits per heavy atom. The van der Waals surface area contributed by atoms with Gasteiger partial charge >= 0.3 is 5.91 Å². The average Bonchev–Trinajstić information content (AvgIpc) is 3.17. The van der Waals surface area contributed by atoms with Gasteiger partial charge in [0.2, 0.25) is 11.7 Å². The molecule has 7 nitrogen and oxygen atoms in total. The maximum atomic E-state index is 12.8. The molecule has 0 radical (unpaired) electrons. The van der Waals surface area contributed by atoms with E-state index in [0.29, 0.717) is 5.17 Å². The number of thioether (sulfide) groups is 1. The number of Topliss-reactive ketones (excluding diaryl/α,β-unsaturated/α-hetero) is 1. The Bertz CT molecular complexity index is 769. The fourth-order valence-corrected chi connectivity index (χ4v) is 4.59. The number of amidine groups is 1. The summed E-state index contributed by atoms with van der Waals surface area (Å²) in [5.74, 6) is -0.796. The molecule has 1 aliphatic heterocycles. The summed E-state index contributed by atoms with van der Waals surface area (Å²) in [7, 11) is 1.88. The predicted octanol–water partition coefficient (Wildman–Crippen LogP) is 2.35. The molecule has 9 heteroatoms. The Morgan fingerprint density at radius 2 is 1.87 bits per heavy atom. The van der Waals surface area contributed by atoms with Gasteiger partial charge in [-0.3, -0.25) is 14.4 Å². The molecule has 1 aliphatic carbocycles. The van der Waals surface area contributed by atoms with E-state index in [1.165, 1.54) is 11.8 Å². The van der Waals surface area contributed by atoms with Crippen molar-refractivity contribution in [2.24, 2.45) is 11.0 Å². The molecule has 0 unspecified atom stereocenters. The molecular weight excluding hydrogens is 424 g/mol. The molecule has 0 bridgehead atoms. The second kappa shape index (κ2) is 12.0. The fourth-order valence-electron chi connectivity index (χ4n) is 3.62. The number of rotatable bonds is 7. The molecule has 2 fully saturated rings. The second-order valence-electron chi connectivity index (χ2n) is 7.56. The number of ketones is 1. The van der Waals surface area contributed by atoms with Crippen molar-refractivity contribution >= 4 is 46.9 Å². The Labute approximate surface area is 187 Å². The van der Waals surface area contributed by atoms with Crippen LogP contribution < -0.4 is 10.7 Å². The van der Waals surface area contributed by atoms with E-state index in [1.807, 2.05) is 42.3 Å². The summed E-state index contributed by atoms with van der Waals surface area (Å²) in [5.41, 5.74) is 3.25. The normalized spacial score (nSPS) is 19.1. The molecule has 1 aromatic carbocycles. The van der Waals surface area contributed by atoms with Crippen LogP contribution >= 0.6 is 24.2 Å². The monoisotopic (exact) mass is 452 g/mol.